The zero-order valence-corrected chi connectivity index (χ0v) is 10.3. The highest BCUT2D eigenvalue weighted by molar-refractivity contribution is 7.80. The van der Waals surface area contributed by atoms with E-state index in [0.29, 0.717) is 10.9 Å². The van der Waals surface area contributed by atoms with E-state index in [4.69, 9.17) is 21.7 Å². The highest BCUT2D eigenvalue weighted by Gasteiger charge is 2.35. The van der Waals surface area contributed by atoms with Crippen LogP contribution in [-0.4, -0.2) is 33.0 Å². The maximum atomic E-state index is 12.0. The average molecular weight is 268 g/mol. The van der Waals surface area contributed by atoms with Gasteiger partial charge in [-0.15, -0.1) is 0 Å². The Kier molecular flexibility index (Phi) is 3.61. The summed E-state index contributed by atoms with van der Waals surface area (Å²) in [5.74, 6) is -0.510. The van der Waals surface area contributed by atoms with E-state index < -0.39 is 12.0 Å². The molecule has 1 aromatic heterocycles. The summed E-state index contributed by atoms with van der Waals surface area (Å²) in [6.45, 7) is 0.265. The second-order valence-corrected chi connectivity index (χ2v) is 4.32. The molecule has 2 N–H and O–H groups in total. The number of rotatable bonds is 5. The van der Waals surface area contributed by atoms with Crippen LogP contribution in [0, 0.1) is 0 Å². The molecule has 1 aliphatic rings. The van der Waals surface area contributed by atoms with E-state index in [1.807, 2.05) is 0 Å². The number of aliphatic carboxylic acids is 1. The molecule has 0 radical (unpaired) electrons. The van der Waals surface area contributed by atoms with Crippen LogP contribution in [0.4, 0.5) is 0 Å². The van der Waals surface area contributed by atoms with Crippen LogP contribution in [0.3, 0.4) is 0 Å². The summed E-state index contributed by atoms with van der Waals surface area (Å²) < 4.78 is 5.15. The smallest absolute Gasteiger partial charge is 0.303 e. The van der Waals surface area contributed by atoms with Gasteiger partial charge in [-0.1, -0.05) is 0 Å². The number of hydrogen-bond donors (Lipinski definition) is 2. The van der Waals surface area contributed by atoms with Crippen molar-refractivity contribution >= 4 is 29.2 Å². The largest absolute Gasteiger partial charge is 0.481 e. The zero-order chi connectivity index (χ0) is 13.1. The minimum absolute atomic E-state index is 0.0688. The molecular weight excluding hydrogens is 256 g/mol. The van der Waals surface area contributed by atoms with Gasteiger partial charge in [0.05, 0.1) is 12.8 Å². The number of hydrogen-bond acceptors (Lipinski definition) is 4. The maximum Gasteiger partial charge on any atom is 0.303 e. The van der Waals surface area contributed by atoms with Crippen molar-refractivity contribution in [2.75, 3.05) is 0 Å². The lowest BCUT2D eigenvalue weighted by Crippen LogP contribution is -2.31. The van der Waals surface area contributed by atoms with E-state index in [9.17, 15) is 9.59 Å². The fourth-order valence-corrected chi connectivity index (χ4v) is 2.05. The third kappa shape index (κ3) is 2.67. The Morgan fingerprint density at radius 2 is 2.39 bits per heavy atom. The fraction of sp³-hybridized carbons (Fsp3) is 0.364. The summed E-state index contributed by atoms with van der Waals surface area (Å²) in [6.07, 6.45) is 1.68. The topological polar surface area (TPSA) is 82.8 Å². The molecule has 0 unspecified atom stereocenters. The van der Waals surface area contributed by atoms with Crippen molar-refractivity contribution in [3.8, 4) is 0 Å². The molecule has 0 saturated carbocycles. The van der Waals surface area contributed by atoms with E-state index in [2.05, 4.69) is 5.32 Å². The Labute approximate surface area is 109 Å². The molecule has 7 heteroatoms. The molecule has 2 heterocycles. The van der Waals surface area contributed by atoms with Crippen LogP contribution in [-0.2, 0) is 16.1 Å². The van der Waals surface area contributed by atoms with Crippen molar-refractivity contribution in [3.63, 3.8) is 0 Å². The van der Waals surface area contributed by atoms with Crippen molar-refractivity contribution in [2.24, 2.45) is 0 Å². The number of carbonyl (C=O) groups is 2. The number of amides is 1. The van der Waals surface area contributed by atoms with Crippen LogP contribution < -0.4 is 5.32 Å². The Hall–Kier alpha value is -1.89. The van der Waals surface area contributed by atoms with Crippen molar-refractivity contribution in [1.82, 2.24) is 10.2 Å². The molecule has 1 saturated heterocycles. The number of thiocarbonyl (C=S) groups is 1. The molecular formula is C11H12N2O4S. The summed E-state index contributed by atoms with van der Waals surface area (Å²) in [7, 11) is 0. The first-order valence-electron chi connectivity index (χ1n) is 5.44. The van der Waals surface area contributed by atoms with Crippen LogP contribution in [0.25, 0.3) is 0 Å². The molecule has 2 rings (SSSR count). The Morgan fingerprint density at radius 1 is 1.61 bits per heavy atom. The van der Waals surface area contributed by atoms with Gasteiger partial charge < -0.3 is 14.8 Å². The third-order valence-corrected chi connectivity index (χ3v) is 2.99. The van der Waals surface area contributed by atoms with Gasteiger partial charge in [-0.05, 0) is 30.8 Å². The SMILES string of the molecule is O=C(O)CC[C@H]1NC(=S)N(Cc2ccco2)C1=O. The van der Waals surface area contributed by atoms with Crippen LogP contribution in [0.2, 0.25) is 0 Å². The van der Waals surface area contributed by atoms with E-state index in [1.54, 1.807) is 12.1 Å². The zero-order valence-electron chi connectivity index (χ0n) is 9.46. The summed E-state index contributed by atoms with van der Waals surface area (Å²) in [5, 5.41) is 11.7. The van der Waals surface area contributed by atoms with Crippen LogP contribution in [0.1, 0.15) is 18.6 Å². The van der Waals surface area contributed by atoms with Crippen LogP contribution >= 0.6 is 12.2 Å². The summed E-state index contributed by atoms with van der Waals surface area (Å²) in [6, 6.07) is 2.93. The third-order valence-electron chi connectivity index (χ3n) is 2.65. The average Bonchev–Trinajstić information content (AvgIpc) is 2.90. The Bertz CT molecular complexity index is 471. The molecule has 1 aromatic rings. The van der Waals surface area contributed by atoms with Gasteiger partial charge in [0.2, 0.25) is 0 Å². The molecule has 1 fully saturated rings. The monoisotopic (exact) mass is 268 g/mol. The number of nitrogens with zero attached hydrogens (tertiary/aromatic N) is 1. The van der Waals surface area contributed by atoms with Gasteiger partial charge in [-0.25, -0.2) is 0 Å². The van der Waals surface area contributed by atoms with Crippen molar-refractivity contribution in [2.45, 2.75) is 25.4 Å². The molecule has 1 aliphatic heterocycles. The van der Waals surface area contributed by atoms with Gasteiger partial charge in [0, 0.05) is 6.42 Å². The number of carboxylic acids is 1. The quantitative estimate of drug-likeness (QED) is 0.766. The maximum absolute atomic E-state index is 12.0. The Morgan fingerprint density at radius 3 is 3.00 bits per heavy atom. The minimum Gasteiger partial charge on any atom is -0.481 e. The predicted octanol–water partition coefficient (Wildman–Crippen LogP) is 0.730. The van der Waals surface area contributed by atoms with Crippen LogP contribution in [0.5, 0.6) is 0 Å². The number of nitrogens with one attached hydrogen (secondary N) is 1. The van der Waals surface area contributed by atoms with E-state index in [1.165, 1.54) is 11.2 Å². The number of carbonyl (C=O) groups excluding carboxylic acids is 1. The molecule has 0 spiro atoms. The normalized spacial score (nSPS) is 19.1. The van der Waals surface area contributed by atoms with Crippen molar-refractivity contribution in [3.05, 3.63) is 24.2 Å². The molecule has 6 nitrogen and oxygen atoms in total. The van der Waals surface area contributed by atoms with Crippen LogP contribution in [0.15, 0.2) is 22.8 Å². The minimum atomic E-state index is -0.931. The van der Waals surface area contributed by atoms with E-state index in [0.717, 1.165) is 0 Å². The lowest BCUT2D eigenvalue weighted by molar-refractivity contribution is -0.137. The molecule has 96 valence electrons. The van der Waals surface area contributed by atoms with E-state index >= 15 is 0 Å². The highest BCUT2D eigenvalue weighted by Crippen LogP contribution is 2.15. The lowest BCUT2D eigenvalue weighted by Gasteiger charge is -2.12. The number of carboxylic acid groups (broad SMARTS) is 1. The van der Waals surface area contributed by atoms with E-state index in [-0.39, 0.29) is 25.3 Å². The molecule has 1 atom stereocenters. The molecule has 1 amide bonds. The van der Waals surface area contributed by atoms with Gasteiger partial charge in [-0.3, -0.25) is 14.5 Å². The molecule has 18 heavy (non-hydrogen) atoms. The molecule has 0 aliphatic carbocycles. The highest BCUT2D eigenvalue weighted by atomic mass is 32.1. The Balaban J connectivity index is 1.98. The second kappa shape index (κ2) is 5.18. The number of furan rings is 1. The second-order valence-electron chi connectivity index (χ2n) is 3.94. The predicted molar refractivity (Wildman–Crippen MR) is 65.6 cm³/mol. The van der Waals surface area contributed by atoms with Gasteiger partial charge in [0.15, 0.2) is 5.11 Å². The van der Waals surface area contributed by atoms with Crippen molar-refractivity contribution < 1.29 is 19.1 Å². The first kappa shape index (κ1) is 12.6. The molecule has 0 aromatic carbocycles. The lowest BCUT2D eigenvalue weighted by atomic mass is 10.1. The summed E-state index contributed by atoms with van der Waals surface area (Å²) in [5.41, 5.74) is 0. The van der Waals surface area contributed by atoms with Gasteiger partial charge >= 0.3 is 5.97 Å². The first-order chi connectivity index (χ1) is 8.58. The van der Waals surface area contributed by atoms with Gasteiger partial charge in [0.25, 0.3) is 5.91 Å². The summed E-state index contributed by atoms with van der Waals surface area (Å²) in [4.78, 5) is 23.9. The summed E-state index contributed by atoms with van der Waals surface area (Å²) >= 11 is 5.05. The molecule has 0 bridgehead atoms. The standard InChI is InChI=1S/C11H12N2O4S/c14-9(15)4-3-8-10(16)13(11(18)12-8)6-7-2-1-5-17-7/h1-2,5,8H,3-4,6H2,(H,12,18)(H,14,15)/t8-/m1/s1. The van der Waals surface area contributed by atoms with Gasteiger partial charge in [-0.2, -0.15) is 0 Å². The first-order valence-corrected chi connectivity index (χ1v) is 5.85. The van der Waals surface area contributed by atoms with Gasteiger partial charge in [0.1, 0.15) is 11.8 Å². The fourth-order valence-electron chi connectivity index (χ4n) is 1.75. The van der Waals surface area contributed by atoms with Crippen molar-refractivity contribution in [1.29, 1.82) is 0 Å².